The van der Waals surface area contributed by atoms with Crippen LogP contribution in [0.1, 0.15) is 41.6 Å². The molecule has 0 bridgehead atoms. The molecule has 1 amide bonds. The predicted octanol–water partition coefficient (Wildman–Crippen LogP) is 8.50. The molecule has 2 heterocycles. The molecule has 0 saturated carbocycles. The number of ether oxygens (including phenoxy) is 3. The van der Waals surface area contributed by atoms with Gasteiger partial charge in [-0.15, -0.1) is 0 Å². The van der Waals surface area contributed by atoms with Gasteiger partial charge in [0.25, 0.3) is 5.22 Å². The van der Waals surface area contributed by atoms with Crippen LogP contribution < -0.4 is 5.32 Å². The molecule has 0 aliphatic carbocycles. The minimum atomic E-state index is -0.627. The fourth-order valence-corrected chi connectivity index (χ4v) is 6.54. The molecule has 8 nitrogen and oxygen atoms in total. The summed E-state index contributed by atoms with van der Waals surface area (Å²) in [6, 6.07) is 35.7. The van der Waals surface area contributed by atoms with Crippen LogP contribution in [0.15, 0.2) is 131 Å². The summed E-state index contributed by atoms with van der Waals surface area (Å²) in [6.45, 7) is 6.14. The van der Waals surface area contributed by atoms with Crippen LogP contribution in [0.25, 0.3) is 22.6 Å². The summed E-state index contributed by atoms with van der Waals surface area (Å²) in [4.78, 5) is 16.8. The van der Waals surface area contributed by atoms with E-state index < -0.39 is 12.4 Å². The molecule has 0 unspecified atom stereocenters. The van der Waals surface area contributed by atoms with Gasteiger partial charge in [0.2, 0.25) is 0 Å². The molecule has 1 fully saturated rings. The van der Waals surface area contributed by atoms with E-state index in [4.69, 9.17) is 23.6 Å². The third-order valence-corrected chi connectivity index (χ3v) is 9.12. The number of carbonyl (C=O) groups excluding carboxylic acids is 1. The van der Waals surface area contributed by atoms with Gasteiger partial charge in [-0.05, 0) is 16.7 Å². The lowest BCUT2D eigenvalue weighted by Gasteiger charge is -2.41. The van der Waals surface area contributed by atoms with Crippen LogP contribution in [0.4, 0.5) is 4.79 Å². The van der Waals surface area contributed by atoms with Crippen molar-refractivity contribution >= 4 is 17.9 Å². The third kappa shape index (κ3) is 8.06. The third-order valence-electron chi connectivity index (χ3n) is 8.21. The molecule has 6 rings (SSSR count). The van der Waals surface area contributed by atoms with Crippen LogP contribution in [-0.2, 0) is 27.4 Å². The van der Waals surface area contributed by atoms with Crippen LogP contribution in [0.2, 0.25) is 0 Å². The second kappa shape index (κ2) is 16.0. The number of nitrogens with zero attached hydrogens (tertiary/aromatic N) is 1. The van der Waals surface area contributed by atoms with E-state index in [9.17, 15) is 9.90 Å². The molecule has 1 aliphatic rings. The van der Waals surface area contributed by atoms with Gasteiger partial charge in [-0.2, -0.15) is 0 Å². The van der Waals surface area contributed by atoms with Gasteiger partial charge >= 0.3 is 6.09 Å². The number of hydrogen-bond donors (Lipinski definition) is 2. The predicted molar refractivity (Wildman–Crippen MR) is 186 cm³/mol. The second-order valence-electron chi connectivity index (χ2n) is 11.5. The van der Waals surface area contributed by atoms with E-state index >= 15 is 0 Å². The van der Waals surface area contributed by atoms with Crippen molar-refractivity contribution in [3.8, 4) is 22.6 Å². The van der Waals surface area contributed by atoms with Crippen molar-refractivity contribution in [1.82, 2.24) is 10.3 Å². The summed E-state index contributed by atoms with van der Waals surface area (Å²) in [7, 11) is 0. The van der Waals surface area contributed by atoms with Crippen LogP contribution in [0, 0.1) is 5.92 Å². The number of rotatable bonds is 12. The average molecular weight is 663 g/mol. The van der Waals surface area contributed by atoms with E-state index in [1.54, 1.807) is 0 Å². The Morgan fingerprint density at radius 3 is 2.21 bits per heavy atom. The molecule has 4 aromatic carbocycles. The maximum atomic E-state index is 11.8. The van der Waals surface area contributed by atoms with Crippen molar-refractivity contribution < 1.29 is 28.5 Å². The standard InChI is InChI=1S/C39H38N2O6S/c1-3-22-44-38(43)40-23-27-14-20-32(21-15-27)37-45-33(26(2)35(46-37)31-18-16-28(24-42)17-19-31)25-48-39-41-34(29-10-6-4-7-11-29)36(47-39)30-12-8-5-9-13-30/h3-21,26,33,35,37,42H,1,22-25H2,2H3,(H,40,43)/t26-,33+,35+,37+/m0/s1. The van der Waals surface area contributed by atoms with Crippen LogP contribution in [0.3, 0.4) is 0 Å². The van der Waals surface area contributed by atoms with Gasteiger partial charge in [0.05, 0.1) is 18.8 Å². The molecular weight excluding hydrogens is 625 g/mol. The Hall–Kier alpha value is -4.67. The Morgan fingerprint density at radius 1 is 0.896 bits per heavy atom. The maximum absolute atomic E-state index is 11.8. The van der Waals surface area contributed by atoms with Gasteiger partial charge < -0.3 is 29.1 Å². The number of thioether (sulfide) groups is 1. The van der Waals surface area contributed by atoms with Crippen LogP contribution in [0.5, 0.6) is 0 Å². The van der Waals surface area contributed by atoms with E-state index in [1.807, 2.05) is 109 Å². The van der Waals surface area contributed by atoms with Gasteiger partial charge in [0.15, 0.2) is 12.1 Å². The molecule has 5 aromatic rings. The van der Waals surface area contributed by atoms with Gasteiger partial charge in [0.1, 0.15) is 12.3 Å². The lowest BCUT2D eigenvalue weighted by atomic mass is 9.91. The summed E-state index contributed by atoms with van der Waals surface area (Å²) in [5.41, 5.74) is 6.37. The number of aliphatic hydroxyl groups excluding tert-OH is 1. The molecule has 2 N–H and O–H groups in total. The first-order valence-electron chi connectivity index (χ1n) is 15.9. The highest BCUT2D eigenvalue weighted by Gasteiger charge is 2.38. The minimum Gasteiger partial charge on any atom is -0.445 e. The molecule has 246 valence electrons. The topological polar surface area (TPSA) is 103 Å². The zero-order chi connectivity index (χ0) is 33.3. The highest BCUT2D eigenvalue weighted by molar-refractivity contribution is 7.99. The van der Waals surface area contributed by atoms with Crippen molar-refractivity contribution in [3.05, 3.63) is 144 Å². The first-order valence-corrected chi connectivity index (χ1v) is 16.9. The molecule has 9 heteroatoms. The van der Waals surface area contributed by atoms with Gasteiger partial charge in [-0.1, -0.05) is 141 Å². The average Bonchev–Trinajstić information content (AvgIpc) is 3.58. The molecule has 1 saturated heterocycles. The van der Waals surface area contributed by atoms with Crippen molar-refractivity contribution in [1.29, 1.82) is 0 Å². The highest BCUT2D eigenvalue weighted by atomic mass is 32.2. The summed E-state index contributed by atoms with van der Waals surface area (Å²) in [6.07, 6.45) is -0.0654. The number of hydrogen-bond acceptors (Lipinski definition) is 8. The summed E-state index contributed by atoms with van der Waals surface area (Å²) in [5, 5.41) is 12.9. The SMILES string of the molecule is C=CCOC(=O)NCc1ccc([C@@H]2O[C@H](CSc3nc(-c4ccccc4)c(-c4ccccc4)o3)[C@H](C)[C@H](c3ccc(CO)cc3)O2)cc1. The first kappa shape index (κ1) is 33.2. The fourth-order valence-electron chi connectivity index (χ4n) is 5.55. The van der Waals surface area contributed by atoms with E-state index in [0.717, 1.165) is 44.8 Å². The normalized spacial score (nSPS) is 19.0. The number of nitrogens with one attached hydrogen (secondary N) is 1. The molecule has 0 spiro atoms. The lowest BCUT2D eigenvalue weighted by Crippen LogP contribution is -2.38. The number of alkyl carbamates (subject to hydrolysis) is 1. The maximum Gasteiger partial charge on any atom is 0.407 e. The zero-order valence-electron chi connectivity index (χ0n) is 26.7. The Kier molecular flexibility index (Phi) is 11.0. The molecule has 4 atom stereocenters. The zero-order valence-corrected chi connectivity index (χ0v) is 27.5. The monoisotopic (exact) mass is 662 g/mol. The van der Waals surface area contributed by atoms with E-state index in [2.05, 4.69) is 18.8 Å². The smallest absolute Gasteiger partial charge is 0.407 e. The summed E-state index contributed by atoms with van der Waals surface area (Å²) >= 11 is 1.52. The van der Waals surface area contributed by atoms with Crippen molar-refractivity contribution in [2.24, 2.45) is 5.92 Å². The fraction of sp³-hybridized carbons (Fsp3) is 0.231. The molecule has 0 radical (unpaired) electrons. The Labute approximate surface area is 284 Å². The van der Waals surface area contributed by atoms with E-state index in [-0.39, 0.29) is 31.3 Å². The quantitative estimate of drug-likeness (QED) is 0.101. The minimum absolute atomic E-state index is 0.00377. The molecule has 48 heavy (non-hydrogen) atoms. The first-order chi connectivity index (χ1) is 23.5. The highest BCUT2D eigenvalue weighted by Crippen LogP contribution is 2.44. The van der Waals surface area contributed by atoms with Gasteiger partial charge in [0, 0.05) is 34.9 Å². The number of aromatic nitrogens is 1. The Morgan fingerprint density at radius 2 is 1.54 bits per heavy atom. The summed E-state index contributed by atoms with van der Waals surface area (Å²) in [5.74, 6) is 1.31. The summed E-state index contributed by atoms with van der Waals surface area (Å²) < 4.78 is 24.7. The number of aliphatic hydroxyl groups is 1. The molecule has 1 aromatic heterocycles. The number of oxazole rings is 1. The molecule has 1 aliphatic heterocycles. The second-order valence-corrected chi connectivity index (χ2v) is 12.5. The van der Waals surface area contributed by atoms with Crippen molar-refractivity contribution in [2.45, 2.75) is 43.8 Å². The lowest BCUT2D eigenvalue weighted by molar-refractivity contribution is -0.268. The van der Waals surface area contributed by atoms with E-state index in [1.165, 1.54) is 17.8 Å². The van der Waals surface area contributed by atoms with Crippen molar-refractivity contribution in [3.63, 3.8) is 0 Å². The number of benzene rings is 4. The van der Waals surface area contributed by atoms with Crippen molar-refractivity contribution in [2.75, 3.05) is 12.4 Å². The largest absolute Gasteiger partial charge is 0.445 e. The van der Waals surface area contributed by atoms with Crippen LogP contribution in [-0.4, -0.2) is 34.6 Å². The van der Waals surface area contributed by atoms with E-state index in [0.29, 0.717) is 17.5 Å². The number of amides is 1. The van der Waals surface area contributed by atoms with Gasteiger partial charge in [-0.3, -0.25) is 0 Å². The Balaban J connectivity index is 1.22. The number of carbonyl (C=O) groups is 1. The van der Waals surface area contributed by atoms with Crippen LogP contribution >= 0.6 is 11.8 Å². The molecular formula is C39H38N2O6S. The Bertz CT molecular complexity index is 1720. The van der Waals surface area contributed by atoms with Gasteiger partial charge in [-0.25, -0.2) is 9.78 Å².